The van der Waals surface area contributed by atoms with Crippen LogP contribution in [0.5, 0.6) is 5.88 Å². The molecule has 4 rings (SSSR count). The normalized spacial score (nSPS) is 13.4. The Morgan fingerprint density at radius 3 is 2.38 bits per heavy atom. The van der Waals surface area contributed by atoms with Gasteiger partial charge in [-0.3, -0.25) is 14.4 Å². The van der Waals surface area contributed by atoms with Crippen molar-refractivity contribution in [3.8, 4) is 23.1 Å². The number of carbonyl (C=O) groups is 2. The lowest BCUT2D eigenvalue weighted by Gasteiger charge is -2.39. The molecule has 0 aliphatic carbocycles. The van der Waals surface area contributed by atoms with Crippen LogP contribution in [-0.4, -0.2) is 57.9 Å². The van der Waals surface area contributed by atoms with Gasteiger partial charge in [-0.1, -0.05) is 33.8 Å². The van der Waals surface area contributed by atoms with Crippen molar-refractivity contribution < 1.29 is 23.1 Å². The minimum absolute atomic E-state index is 0.0433. The van der Waals surface area contributed by atoms with Gasteiger partial charge in [-0.2, -0.15) is 10.2 Å². The molecule has 2 aromatic heterocycles. The Hall–Kier alpha value is -4.63. The van der Waals surface area contributed by atoms with Crippen LogP contribution in [0.15, 0.2) is 47.4 Å². The SMILES string of the molecule is CC.CC(C)CNCc1cc(C(=O)Nc2cc(-c3ccc(C#N)cc3C(=O)N3CC(F)(F)C3)cc(OC(C)C)n2)c(=O)n(C)c1. The first kappa shape index (κ1) is 34.9. The number of nitrogens with zero attached hydrogens (tertiary/aromatic N) is 4. The number of alkyl halides is 2. The van der Waals surface area contributed by atoms with Crippen LogP contribution in [0.3, 0.4) is 0 Å². The predicted molar refractivity (Wildman–Crippen MR) is 169 cm³/mol. The fourth-order valence-corrected chi connectivity index (χ4v) is 4.63. The Morgan fingerprint density at radius 1 is 1.09 bits per heavy atom. The lowest BCUT2D eigenvalue weighted by molar-refractivity contribution is -0.113. The second-order valence-corrected chi connectivity index (χ2v) is 11.3. The number of benzene rings is 1. The molecule has 0 spiro atoms. The molecular formula is C33H40F2N6O4. The molecule has 1 fully saturated rings. The number of pyridine rings is 2. The molecule has 0 radical (unpaired) electrons. The van der Waals surface area contributed by atoms with Gasteiger partial charge in [-0.05, 0) is 67.3 Å². The topological polar surface area (TPSA) is 129 Å². The molecule has 1 aromatic carbocycles. The van der Waals surface area contributed by atoms with Crippen LogP contribution in [0.25, 0.3) is 11.1 Å². The van der Waals surface area contributed by atoms with E-state index in [1.165, 1.54) is 34.9 Å². The monoisotopic (exact) mass is 622 g/mol. The van der Waals surface area contributed by atoms with Gasteiger partial charge in [0.2, 0.25) is 5.88 Å². The standard InChI is InChI=1S/C31H34F2N6O4.C2H6/c1-18(2)13-35-14-21-9-25(29(41)38(5)15-21)28(40)37-26-10-22(11-27(36-26)43-19(3)4)23-7-6-20(12-34)8-24(23)30(42)39-16-31(32,33)17-39;1-2/h6-11,15,18-19,35H,13-14,16-17H2,1-5H3,(H,36,37,40);1-2H3. The van der Waals surface area contributed by atoms with E-state index in [4.69, 9.17) is 4.74 Å². The van der Waals surface area contributed by atoms with Crippen molar-refractivity contribution in [1.82, 2.24) is 19.8 Å². The van der Waals surface area contributed by atoms with E-state index in [1.54, 1.807) is 33.2 Å². The van der Waals surface area contributed by atoms with E-state index in [-0.39, 0.29) is 34.5 Å². The van der Waals surface area contributed by atoms with E-state index < -0.39 is 36.4 Å². The number of likely N-dealkylation sites (tertiary alicyclic amines) is 1. The van der Waals surface area contributed by atoms with Crippen molar-refractivity contribution in [1.29, 1.82) is 5.26 Å². The van der Waals surface area contributed by atoms with Crippen LogP contribution in [0.1, 0.15) is 73.4 Å². The minimum Gasteiger partial charge on any atom is -0.475 e. The molecule has 1 aliphatic rings. The third-order valence-electron chi connectivity index (χ3n) is 6.59. The zero-order valence-electron chi connectivity index (χ0n) is 26.7. The maximum Gasteiger partial charge on any atom is 0.282 e. The van der Waals surface area contributed by atoms with Gasteiger partial charge in [0.1, 0.15) is 11.4 Å². The van der Waals surface area contributed by atoms with Crippen molar-refractivity contribution in [2.75, 3.05) is 25.0 Å². The van der Waals surface area contributed by atoms with Crippen LogP contribution in [0.2, 0.25) is 0 Å². The molecule has 3 aromatic rings. The van der Waals surface area contributed by atoms with Gasteiger partial charge in [0.15, 0.2) is 0 Å². The van der Waals surface area contributed by atoms with E-state index in [2.05, 4.69) is 29.5 Å². The number of ether oxygens (including phenoxy) is 1. The van der Waals surface area contributed by atoms with Crippen LogP contribution < -0.4 is 20.9 Å². The summed E-state index contributed by atoms with van der Waals surface area (Å²) >= 11 is 0. The molecule has 1 saturated heterocycles. The smallest absolute Gasteiger partial charge is 0.282 e. The highest BCUT2D eigenvalue weighted by Gasteiger charge is 2.46. The first-order valence-electron chi connectivity index (χ1n) is 14.9. The van der Waals surface area contributed by atoms with Gasteiger partial charge in [0, 0.05) is 31.4 Å². The molecule has 2 amide bonds. The predicted octanol–water partition coefficient (Wildman–Crippen LogP) is 5.22. The molecule has 0 bridgehead atoms. The summed E-state index contributed by atoms with van der Waals surface area (Å²) in [5.74, 6) is -3.71. The molecule has 0 saturated carbocycles. The van der Waals surface area contributed by atoms with Crippen molar-refractivity contribution in [3.63, 3.8) is 0 Å². The highest BCUT2D eigenvalue weighted by molar-refractivity contribution is 6.05. The minimum atomic E-state index is -2.96. The second kappa shape index (κ2) is 14.9. The highest BCUT2D eigenvalue weighted by Crippen LogP contribution is 2.34. The Morgan fingerprint density at radius 2 is 1.78 bits per heavy atom. The van der Waals surface area contributed by atoms with Crippen LogP contribution in [0.4, 0.5) is 14.6 Å². The first-order chi connectivity index (χ1) is 21.3. The molecule has 240 valence electrons. The van der Waals surface area contributed by atoms with Crippen LogP contribution in [0, 0.1) is 17.2 Å². The van der Waals surface area contributed by atoms with Crippen molar-refractivity contribution >= 4 is 17.6 Å². The maximum absolute atomic E-state index is 13.6. The van der Waals surface area contributed by atoms with E-state index in [1.807, 2.05) is 19.9 Å². The second-order valence-electron chi connectivity index (χ2n) is 11.3. The summed E-state index contributed by atoms with van der Waals surface area (Å²) in [5, 5.41) is 15.4. The zero-order chi connectivity index (χ0) is 33.5. The fourth-order valence-electron chi connectivity index (χ4n) is 4.63. The van der Waals surface area contributed by atoms with E-state index in [9.17, 15) is 28.4 Å². The van der Waals surface area contributed by atoms with E-state index in [0.29, 0.717) is 23.6 Å². The van der Waals surface area contributed by atoms with Crippen molar-refractivity contribution in [3.05, 3.63) is 75.2 Å². The van der Waals surface area contributed by atoms with Gasteiger partial charge in [-0.25, -0.2) is 8.78 Å². The Labute approximate surface area is 262 Å². The molecule has 3 heterocycles. The molecule has 0 atom stereocenters. The number of halogens is 2. The van der Waals surface area contributed by atoms with Crippen LogP contribution >= 0.6 is 0 Å². The molecular weight excluding hydrogens is 582 g/mol. The summed E-state index contributed by atoms with van der Waals surface area (Å²) in [6.45, 7) is 11.5. The molecule has 1 aliphatic heterocycles. The highest BCUT2D eigenvalue weighted by atomic mass is 19.3. The first-order valence-corrected chi connectivity index (χ1v) is 14.9. The number of hydrogen-bond donors (Lipinski definition) is 2. The molecule has 2 N–H and O–H groups in total. The van der Waals surface area contributed by atoms with Gasteiger partial charge in [0.05, 0.1) is 30.8 Å². The Balaban J connectivity index is 0.00000271. The number of carbonyl (C=O) groups excluding carboxylic acids is 2. The summed E-state index contributed by atoms with van der Waals surface area (Å²) in [6, 6.07) is 10.9. The number of nitrogens with one attached hydrogen (secondary N) is 2. The molecule has 10 nitrogen and oxygen atoms in total. The molecule has 0 unspecified atom stereocenters. The number of aromatic nitrogens is 2. The quantitative estimate of drug-likeness (QED) is 0.317. The van der Waals surface area contributed by atoms with E-state index >= 15 is 0 Å². The summed E-state index contributed by atoms with van der Waals surface area (Å²) in [6.07, 6.45) is 1.37. The van der Waals surface area contributed by atoms with Crippen LogP contribution in [-0.2, 0) is 13.6 Å². The number of rotatable bonds is 10. The summed E-state index contributed by atoms with van der Waals surface area (Å²) in [7, 11) is 1.57. The van der Waals surface area contributed by atoms with E-state index in [0.717, 1.165) is 17.0 Å². The fraction of sp³-hybridized carbons (Fsp3) is 0.424. The number of aryl methyl sites for hydroxylation is 1. The maximum atomic E-state index is 13.6. The third-order valence-corrected chi connectivity index (χ3v) is 6.59. The average molecular weight is 623 g/mol. The number of amides is 2. The lowest BCUT2D eigenvalue weighted by Crippen LogP contribution is -2.58. The number of nitriles is 1. The zero-order valence-corrected chi connectivity index (χ0v) is 26.7. The van der Waals surface area contributed by atoms with Gasteiger partial charge in [0.25, 0.3) is 23.3 Å². The van der Waals surface area contributed by atoms with Gasteiger partial charge in [-0.15, -0.1) is 0 Å². The summed E-state index contributed by atoms with van der Waals surface area (Å²) in [4.78, 5) is 44.8. The summed E-state index contributed by atoms with van der Waals surface area (Å²) < 4.78 is 34.2. The summed E-state index contributed by atoms with van der Waals surface area (Å²) in [5.41, 5.74) is 1.11. The third kappa shape index (κ3) is 8.95. The van der Waals surface area contributed by atoms with Gasteiger partial charge >= 0.3 is 0 Å². The van der Waals surface area contributed by atoms with Gasteiger partial charge < -0.3 is 24.8 Å². The number of anilines is 1. The molecule has 12 heteroatoms. The number of hydrogen-bond acceptors (Lipinski definition) is 7. The Bertz CT molecular complexity index is 1640. The Kier molecular flexibility index (Phi) is 11.5. The largest absolute Gasteiger partial charge is 0.475 e. The lowest BCUT2D eigenvalue weighted by atomic mass is 9.96. The molecule has 45 heavy (non-hydrogen) atoms. The van der Waals surface area contributed by atoms with Crippen molar-refractivity contribution in [2.45, 2.75) is 60.1 Å². The average Bonchev–Trinajstić information content (AvgIpc) is 2.97. The van der Waals surface area contributed by atoms with Crippen molar-refractivity contribution in [2.24, 2.45) is 13.0 Å².